The summed E-state index contributed by atoms with van der Waals surface area (Å²) in [5.41, 5.74) is 0.470. The molecule has 0 atom stereocenters. The van der Waals surface area contributed by atoms with E-state index in [0.29, 0.717) is 5.57 Å². The summed E-state index contributed by atoms with van der Waals surface area (Å²) in [5.74, 6) is 0.795. The Morgan fingerprint density at radius 3 is 2.18 bits per heavy atom. The first-order chi connectivity index (χ1) is 4.91. The van der Waals surface area contributed by atoms with Gasteiger partial charge in [0.1, 0.15) is 13.0 Å². The monoisotopic (exact) mass is 173 g/mol. The Bertz CT molecular complexity index is 292. The first-order valence-electron chi connectivity index (χ1n) is 3.34. The van der Waals surface area contributed by atoms with Gasteiger partial charge in [-0.3, -0.25) is 4.68 Å². The van der Waals surface area contributed by atoms with Crippen molar-refractivity contribution in [1.82, 2.24) is 14.8 Å². The molecule has 0 saturated heterocycles. The Kier molecular flexibility index (Phi) is 1.89. The lowest BCUT2D eigenvalue weighted by atomic mass is 10.7. The van der Waals surface area contributed by atoms with Gasteiger partial charge in [0, 0.05) is 7.05 Å². The molecule has 0 fully saturated rings. The zero-order valence-electron chi connectivity index (χ0n) is 7.20. The van der Waals surface area contributed by atoms with Gasteiger partial charge in [-0.25, -0.2) is 4.98 Å². The number of aryl methyl sites for hydroxylation is 2. The topological polar surface area (TPSA) is 47.8 Å². The molecule has 0 amide bonds. The highest BCUT2D eigenvalue weighted by molar-refractivity contribution is 7.69. The van der Waals surface area contributed by atoms with Crippen LogP contribution in [-0.4, -0.2) is 28.1 Å². The van der Waals surface area contributed by atoms with E-state index in [-0.39, 0.29) is 0 Å². The van der Waals surface area contributed by atoms with E-state index in [0.717, 1.165) is 5.82 Å². The molecule has 0 radical (unpaired) electrons. The van der Waals surface area contributed by atoms with Crippen molar-refractivity contribution in [1.29, 1.82) is 0 Å². The summed E-state index contributed by atoms with van der Waals surface area (Å²) in [4.78, 5) is 4.07. The molecule has 1 rings (SSSR count). The number of aromatic nitrogens is 3. The molecule has 11 heavy (non-hydrogen) atoms. The highest BCUT2D eigenvalue weighted by atomic mass is 31.2. The molecule has 5 heteroatoms. The van der Waals surface area contributed by atoms with Gasteiger partial charge in [-0.05, 0) is 20.3 Å². The summed E-state index contributed by atoms with van der Waals surface area (Å²) in [5, 5.41) is 4.02. The number of rotatable bonds is 1. The molecule has 0 saturated carbocycles. The molecular weight excluding hydrogens is 161 g/mol. The summed E-state index contributed by atoms with van der Waals surface area (Å²) in [6.45, 7) is 5.18. The van der Waals surface area contributed by atoms with E-state index in [2.05, 4.69) is 10.1 Å². The fourth-order valence-corrected chi connectivity index (χ4v) is 1.41. The second-order valence-electron chi connectivity index (χ2n) is 2.93. The smallest absolute Gasteiger partial charge is 0.209 e. The van der Waals surface area contributed by atoms with Gasteiger partial charge < -0.3 is 4.57 Å². The van der Waals surface area contributed by atoms with E-state index in [1.807, 2.05) is 6.92 Å². The van der Waals surface area contributed by atoms with Crippen LogP contribution in [0.3, 0.4) is 0 Å². The lowest BCUT2D eigenvalue weighted by Crippen LogP contribution is -2.08. The minimum atomic E-state index is -2.27. The van der Waals surface area contributed by atoms with Crippen molar-refractivity contribution in [3.05, 3.63) is 5.82 Å². The third kappa shape index (κ3) is 1.69. The Hall–Kier alpha value is -0.630. The largest absolute Gasteiger partial charge is 0.316 e. The summed E-state index contributed by atoms with van der Waals surface area (Å²) in [7, 11) is -0.474. The van der Waals surface area contributed by atoms with Crippen LogP contribution in [0.15, 0.2) is 0 Å². The van der Waals surface area contributed by atoms with Gasteiger partial charge >= 0.3 is 0 Å². The average molecular weight is 173 g/mol. The molecule has 1 aromatic rings. The number of hydrogen-bond acceptors (Lipinski definition) is 3. The summed E-state index contributed by atoms with van der Waals surface area (Å²) >= 11 is 0. The van der Waals surface area contributed by atoms with E-state index in [9.17, 15) is 4.57 Å². The Labute approximate surface area is 66.0 Å². The molecule has 0 aromatic carbocycles. The summed E-state index contributed by atoms with van der Waals surface area (Å²) < 4.78 is 13.1. The molecular formula is C6H12N3OP. The fourth-order valence-electron chi connectivity index (χ4n) is 0.674. The van der Waals surface area contributed by atoms with Crippen molar-refractivity contribution >= 4 is 12.7 Å². The van der Waals surface area contributed by atoms with Crippen molar-refractivity contribution in [2.45, 2.75) is 6.92 Å². The SMILES string of the molecule is Cc1nc(P(C)(C)=O)nn1C. The summed E-state index contributed by atoms with van der Waals surface area (Å²) in [6, 6.07) is 0. The van der Waals surface area contributed by atoms with Crippen LogP contribution < -0.4 is 5.57 Å². The van der Waals surface area contributed by atoms with E-state index in [1.165, 1.54) is 0 Å². The van der Waals surface area contributed by atoms with Crippen molar-refractivity contribution in [2.24, 2.45) is 7.05 Å². The van der Waals surface area contributed by atoms with Gasteiger partial charge in [0.2, 0.25) is 5.57 Å². The fraction of sp³-hybridized carbons (Fsp3) is 0.667. The van der Waals surface area contributed by atoms with Crippen molar-refractivity contribution < 1.29 is 4.57 Å². The first-order valence-corrected chi connectivity index (χ1v) is 5.94. The molecule has 1 heterocycles. The van der Waals surface area contributed by atoms with Crippen LogP contribution in [0, 0.1) is 6.92 Å². The van der Waals surface area contributed by atoms with Crippen molar-refractivity contribution in [3.8, 4) is 0 Å². The first kappa shape index (κ1) is 8.47. The molecule has 0 spiro atoms. The van der Waals surface area contributed by atoms with Gasteiger partial charge in [-0.2, -0.15) is 0 Å². The van der Waals surface area contributed by atoms with Crippen LogP contribution in [0.1, 0.15) is 5.82 Å². The van der Waals surface area contributed by atoms with Gasteiger partial charge in [0.25, 0.3) is 0 Å². The molecule has 0 aliphatic heterocycles. The minimum Gasteiger partial charge on any atom is -0.316 e. The third-order valence-corrected chi connectivity index (χ3v) is 2.60. The third-order valence-electron chi connectivity index (χ3n) is 1.45. The average Bonchev–Trinajstić information content (AvgIpc) is 2.11. The van der Waals surface area contributed by atoms with Crippen LogP contribution in [-0.2, 0) is 11.6 Å². The van der Waals surface area contributed by atoms with E-state index in [4.69, 9.17) is 0 Å². The van der Waals surface area contributed by atoms with Gasteiger partial charge in [-0.1, -0.05) is 0 Å². The standard InChI is InChI=1S/C6H12N3OP/c1-5-7-6(8-9(5)2)11(3,4)10/h1-4H3. The maximum Gasteiger partial charge on any atom is 0.209 e. The zero-order chi connectivity index (χ0) is 8.65. The maximum atomic E-state index is 11.4. The Morgan fingerprint density at radius 2 is 2.00 bits per heavy atom. The number of nitrogens with zero attached hydrogens (tertiary/aromatic N) is 3. The van der Waals surface area contributed by atoms with Crippen molar-refractivity contribution in [2.75, 3.05) is 13.3 Å². The highest BCUT2D eigenvalue weighted by Crippen LogP contribution is 2.32. The van der Waals surface area contributed by atoms with Crippen LogP contribution >= 0.6 is 7.14 Å². The second-order valence-corrected chi connectivity index (χ2v) is 6.04. The van der Waals surface area contributed by atoms with E-state index < -0.39 is 7.14 Å². The highest BCUT2D eigenvalue weighted by Gasteiger charge is 2.17. The van der Waals surface area contributed by atoms with E-state index >= 15 is 0 Å². The predicted molar refractivity (Wildman–Crippen MR) is 44.8 cm³/mol. The number of hydrogen-bond donors (Lipinski definition) is 0. The molecule has 0 bridgehead atoms. The molecule has 0 aliphatic rings. The molecule has 0 aliphatic carbocycles. The molecule has 0 N–H and O–H groups in total. The van der Waals surface area contributed by atoms with Crippen LogP contribution in [0.25, 0.3) is 0 Å². The quantitative estimate of drug-likeness (QED) is 0.576. The predicted octanol–water partition coefficient (Wildman–Crippen LogP) is 0.372. The normalized spacial score (nSPS) is 12.0. The maximum absolute atomic E-state index is 11.4. The van der Waals surface area contributed by atoms with Gasteiger partial charge in [0.15, 0.2) is 0 Å². The zero-order valence-corrected chi connectivity index (χ0v) is 8.09. The van der Waals surface area contributed by atoms with Gasteiger partial charge in [0.05, 0.1) is 0 Å². The minimum absolute atomic E-state index is 0.470. The van der Waals surface area contributed by atoms with Crippen LogP contribution in [0.2, 0.25) is 0 Å². The van der Waals surface area contributed by atoms with Crippen molar-refractivity contribution in [3.63, 3.8) is 0 Å². The summed E-state index contributed by atoms with van der Waals surface area (Å²) in [6.07, 6.45) is 0. The van der Waals surface area contributed by atoms with Crippen LogP contribution in [0.5, 0.6) is 0 Å². The lowest BCUT2D eigenvalue weighted by molar-refractivity contribution is 0.587. The molecule has 0 unspecified atom stereocenters. The van der Waals surface area contributed by atoms with Crippen LogP contribution in [0.4, 0.5) is 0 Å². The molecule has 4 nitrogen and oxygen atoms in total. The van der Waals surface area contributed by atoms with Gasteiger partial charge in [-0.15, -0.1) is 5.10 Å². The molecule has 62 valence electrons. The second kappa shape index (κ2) is 2.45. The molecule has 1 aromatic heterocycles. The lowest BCUT2D eigenvalue weighted by Gasteiger charge is -1.96. The van der Waals surface area contributed by atoms with E-state index in [1.54, 1.807) is 25.1 Å². The Morgan fingerprint density at radius 1 is 1.45 bits per heavy atom. The Balaban J connectivity index is 3.18.